The minimum atomic E-state index is -0.125. The van der Waals surface area contributed by atoms with Crippen molar-refractivity contribution in [2.45, 2.75) is 38.3 Å². The highest BCUT2D eigenvalue weighted by atomic mass is 16.1. The molecule has 3 rings (SSSR count). The van der Waals surface area contributed by atoms with Crippen molar-refractivity contribution in [1.29, 1.82) is 0 Å². The van der Waals surface area contributed by atoms with E-state index in [0.29, 0.717) is 24.3 Å². The summed E-state index contributed by atoms with van der Waals surface area (Å²) < 4.78 is 1.34. The van der Waals surface area contributed by atoms with Crippen molar-refractivity contribution in [3.8, 4) is 0 Å². The minimum Gasteiger partial charge on any atom is -0.330 e. The third-order valence-corrected chi connectivity index (χ3v) is 4.47. The number of fused-ring (bicyclic) bond motifs is 1. The number of hydrogen-bond acceptors (Lipinski definition) is 5. The summed E-state index contributed by atoms with van der Waals surface area (Å²) in [5, 5.41) is 2.75. The van der Waals surface area contributed by atoms with Crippen LogP contribution < -0.4 is 11.3 Å². The fourth-order valence-corrected chi connectivity index (χ4v) is 3.37. The van der Waals surface area contributed by atoms with Gasteiger partial charge in [0.1, 0.15) is 6.33 Å². The van der Waals surface area contributed by atoms with E-state index in [1.807, 2.05) is 0 Å². The van der Waals surface area contributed by atoms with Crippen LogP contribution in [-0.2, 0) is 6.54 Å². The van der Waals surface area contributed by atoms with Gasteiger partial charge in [0.05, 0.1) is 5.69 Å². The smallest absolute Gasteiger partial charge is 0.274 e. The Bertz CT molecular complexity index is 663. The Balaban J connectivity index is 1.78. The molecule has 0 bridgehead atoms. The Labute approximate surface area is 123 Å². The lowest BCUT2D eigenvalue weighted by Gasteiger charge is -2.37. The normalized spacial score (nSPS) is 23.0. The van der Waals surface area contributed by atoms with Crippen LogP contribution in [0.15, 0.2) is 17.2 Å². The molecule has 1 saturated carbocycles. The van der Waals surface area contributed by atoms with Gasteiger partial charge in [0.15, 0.2) is 0 Å². The maximum atomic E-state index is 12.0. The summed E-state index contributed by atoms with van der Waals surface area (Å²) in [6, 6.07) is 2.05. The van der Waals surface area contributed by atoms with Gasteiger partial charge in [-0.2, -0.15) is 4.52 Å². The predicted molar refractivity (Wildman–Crippen MR) is 79.9 cm³/mol. The van der Waals surface area contributed by atoms with Gasteiger partial charge in [-0.15, -0.1) is 0 Å². The molecular formula is C14H22N6O. The SMILES string of the molecule is CN(Cc1cc(=O)n2[nH]cnc2n1)C1CCCCC1CN. The highest BCUT2D eigenvalue weighted by Crippen LogP contribution is 2.27. The van der Waals surface area contributed by atoms with Gasteiger partial charge < -0.3 is 5.73 Å². The third kappa shape index (κ3) is 2.84. The van der Waals surface area contributed by atoms with E-state index in [0.717, 1.165) is 12.2 Å². The number of hydrogen-bond donors (Lipinski definition) is 2. The van der Waals surface area contributed by atoms with Crippen molar-refractivity contribution in [3.63, 3.8) is 0 Å². The lowest BCUT2D eigenvalue weighted by atomic mass is 9.83. The van der Waals surface area contributed by atoms with E-state index in [-0.39, 0.29) is 5.56 Å². The molecule has 1 aliphatic rings. The molecule has 7 heteroatoms. The summed E-state index contributed by atoms with van der Waals surface area (Å²) in [4.78, 5) is 22.7. The number of nitrogens with zero attached hydrogens (tertiary/aromatic N) is 4. The van der Waals surface area contributed by atoms with Crippen LogP contribution in [0.4, 0.5) is 0 Å². The fraction of sp³-hybridized carbons (Fsp3) is 0.643. The van der Waals surface area contributed by atoms with Crippen LogP contribution in [0.3, 0.4) is 0 Å². The Morgan fingerprint density at radius 1 is 1.48 bits per heavy atom. The van der Waals surface area contributed by atoms with Crippen molar-refractivity contribution in [3.05, 3.63) is 28.4 Å². The largest absolute Gasteiger partial charge is 0.330 e. The van der Waals surface area contributed by atoms with Gasteiger partial charge in [-0.05, 0) is 32.4 Å². The lowest BCUT2D eigenvalue weighted by molar-refractivity contribution is 0.126. The zero-order valence-electron chi connectivity index (χ0n) is 12.3. The molecule has 0 amide bonds. The molecule has 2 aromatic rings. The Hall–Kier alpha value is -1.73. The second-order valence-corrected chi connectivity index (χ2v) is 5.87. The molecule has 1 aliphatic carbocycles. The van der Waals surface area contributed by atoms with Gasteiger partial charge in [0.2, 0.25) is 0 Å². The van der Waals surface area contributed by atoms with Gasteiger partial charge >= 0.3 is 0 Å². The topological polar surface area (TPSA) is 92.3 Å². The van der Waals surface area contributed by atoms with E-state index in [1.54, 1.807) is 6.07 Å². The maximum Gasteiger partial charge on any atom is 0.274 e. The van der Waals surface area contributed by atoms with Crippen molar-refractivity contribution in [1.82, 2.24) is 24.5 Å². The Morgan fingerprint density at radius 2 is 2.29 bits per heavy atom. The van der Waals surface area contributed by atoms with Crippen LogP contribution in [0, 0.1) is 5.92 Å². The van der Waals surface area contributed by atoms with Crippen LogP contribution in [0.2, 0.25) is 0 Å². The fourth-order valence-electron chi connectivity index (χ4n) is 3.37. The lowest BCUT2D eigenvalue weighted by Crippen LogP contribution is -2.43. The van der Waals surface area contributed by atoms with Gasteiger partial charge in [-0.25, -0.2) is 9.97 Å². The second kappa shape index (κ2) is 5.95. The quantitative estimate of drug-likeness (QED) is 0.848. The van der Waals surface area contributed by atoms with E-state index < -0.39 is 0 Å². The van der Waals surface area contributed by atoms with E-state index in [4.69, 9.17) is 5.73 Å². The van der Waals surface area contributed by atoms with Crippen molar-refractivity contribution >= 4 is 5.78 Å². The average Bonchev–Trinajstić information content (AvgIpc) is 2.96. The van der Waals surface area contributed by atoms with Crippen LogP contribution in [0.25, 0.3) is 5.78 Å². The predicted octanol–water partition coefficient (Wildman–Crippen LogP) is 0.367. The number of aromatic nitrogens is 4. The summed E-state index contributed by atoms with van der Waals surface area (Å²) in [6.07, 6.45) is 6.36. The standard InChI is InChI=1S/C14H22N6O/c1-19(12-5-3-2-4-10(12)7-15)8-11-6-13(21)20-14(18-11)16-9-17-20/h6,9-10,12H,2-5,7-8,15H2,1H3,(H,16,17,18). The molecule has 0 saturated heterocycles. The summed E-state index contributed by atoms with van der Waals surface area (Å²) >= 11 is 0. The second-order valence-electron chi connectivity index (χ2n) is 5.87. The number of nitrogens with one attached hydrogen (secondary N) is 1. The van der Waals surface area contributed by atoms with Crippen molar-refractivity contribution in [2.24, 2.45) is 11.7 Å². The molecule has 1 fully saturated rings. The Morgan fingerprint density at radius 3 is 3.10 bits per heavy atom. The summed E-state index contributed by atoms with van der Waals surface area (Å²) in [6.45, 7) is 1.38. The van der Waals surface area contributed by atoms with E-state index in [2.05, 4.69) is 27.0 Å². The monoisotopic (exact) mass is 290 g/mol. The van der Waals surface area contributed by atoms with Gasteiger partial charge in [0, 0.05) is 18.7 Å². The molecule has 21 heavy (non-hydrogen) atoms. The first-order chi connectivity index (χ1) is 10.2. The molecule has 114 valence electrons. The van der Waals surface area contributed by atoms with Crippen LogP contribution in [0.1, 0.15) is 31.4 Å². The molecular weight excluding hydrogens is 268 g/mol. The summed E-state index contributed by atoms with van der Waals surface area (Å²) in [7, 11) is 2.09. The molecule has 3 N–H and O–H groups in total. The molecule has 7 nitrogen and oxygen atoms in total. The van der Waals surface area contributed by atoms with Crippen molar-refractivity contribution < 1.29 is 0 Å². The van der Waals surface area contributed by atoms with Crippen LogP contribution in [-0.4, -0.2) is 44.1 Å². The molecule has 2 unspecified atom stereocenters. The van der Waals surface area contributed by atoms with Gasteiger partial charge in [-0.3, -0.25) is 14.8 Å². The first-order valence-corrected chi connectivity index (χ1v) is 7.51. The average molecular weight is 290 g/mol. The first kappa shape index (κ1) is 14.2. The van der Waals surface area contributed by atoms with E-state index >= 15 is 0 Å². The molecule has 0 aliphatic heterocycles. The highest BCUT2D eigenvalue weighted by molar-refractivity contribution is 5.25. The number of rotatable bonds is 4. The zero-order valence-corrected chi connectivity index (χ0v) is 12.3. The van der Waals surface area contributed by atoms with E-state index in [1.165, 1.54) is 36.5 Å². The molecule has 2 heterocycles. The Kier molecular flexibility index (Phi) is 4.03. The number of aromatic amines is 1. The van der Waals surface area contributed by atoms with Gasteiger partial charge in [-0.1, -0.05) is 12.8 Å². The van der Waals surface area contributed by atoms with Gasteiger partial charge in [0.25, 0.3) is 11.3 Å². The summed E-state index contributed by atoms with van der Waals surface area (Å²) in [5.41, 5.74) is 6.53. The molecule has 2 atom stereocenters. The van der Waals surface area contributed by atoms with E-state index in [9.17, 15) is 4.79 Å². The minimum absolute atomic E-state index is 0.125. The highest BCUT2D eigenvalue weighted by Gasteiger charge is 2.27. The zero-order chi connectivity index (χ0) is 14.8. The summed E-state index contributed by atoms with van der Waals surface area (Å²) in [5.74, 6) is 0.962. The maximum absolute atomic E-state index is 12.0. The third-order valence-electron chi connectivity index (χ3n) is 4.47. The molecule has 0 spiro atoms. The molecule has 2 aromatic heterocycles. The van der Waals surface area contributed by atoms with Crippen molar-refractivity contribution in [2.75, 3.05) is 13.6 Å². The van der Waals surface area contributed by atoms with Crippen LogP contribution in [0.5, 0.6) is 0 Å². The number of nitrogens with two attached hydrogens (primary N) is 1. The van der Waals surface area contributed by atoms with Crippen LogP contribution >= 0.6 is 0 Å². The first-order valence-electron chi connectivity index (χ1n) is 7.51. The molecule has 0 aromatic carbocycles. The number of H-pyrrole nitrogens is 1. The molecule has 0 radical (unpaired) electrons.